The van der Waals surface area contributed by atoms with Crippen LogP contribution >= 0.6 is 17.2 Å². The summed E-state index contributed by atoms with van der Waals surface area (Å²) in [6.07, 6.45) is 42.5. The molecule has 0 spiro atoms. The van der Waals surface area contributed by atoms with Gasteiger partial charge in [-0.25, -0.2) is 0 Å². The Hall–Kier alpha value is -1.26. The molecular formula is C59H102O6P2. The van der Waals surface area contributed by atoms with Gasteiger partial charge in [-0.1, -0.05) is 194 Å². The molecule has 0 saturated heterocycles. The average molecular weight is 969 g/mol. The molecule has 0 amide bonds. The van der Waals surface area contributed by atoms with Gasteiger partial charge in [0.15, 0.2) is 0 Å². The summed E-state index contributed by atoms with van der Waals surface area (Å²) in [5.41, 5.74) is 2.94. The molecule has 0 unspecified atom stereocenters. The molecular weight excluding hydrogens is 867 g/mol. The standard InChI is InChI=1S/C59H102O6P2/c1-7-11-15-19-23-27-33-51-35-31-37-57(49-51)64-67(65-58-38-32-36-52(50-58)34-28-24-20-16-12-8-2)63-56-45-41-54(42-46-56)59(5,6)53-39-43-55(44-40-53)62-66(60-47-29-25-21-17-13-9-3)61-48-30-26-22-18-14-10-4/h31-32,35-38,49-50,53-56H,7-30,33-34,39-48H2,1-6H3. The molecule has 2 aromatic rings. The van der Waals surface area contributed by atoms with Crippen LogP contribution in [0.4, 0.5) is 0 Å². The molecule has 0 bridgehead atoms. The van der Waals surface area contributed by atoms with Crippen molar-refractivity contribution in [2.45, 2.75) is 272 Å². The molecule has 6 nitrogen and oxygen atoms in total. The fourth-order valence-corrected chi connectivity index (χ4v) is 12.9. The lowest BCUT2D eigenvalue weighted by Crippen LogP contribution is -2.38. The number of rotatable bonds is 40. The second kappa shape index (κ2) is 36.6. The van der Waals surface area contributed by atoms with Crippen molar-refractivity contribution in [3.05, 3.63) is 59.7 Å². The van der Waals surface area contributed by atoms with Crippen molar-refractivity contribution < 1.29 is 27.1 Å². The van der Waals surface area contributed by atoms with Gasteiger partial charge >= 0.3 is 17.2 Å². The number of unbranched alkanes of at least 4 members (excludes halogenated alkanes) is 20. The van der Waals surface area contributed by atoms with E-state index in [1.807, 2.05) is 0 Å². The van der Waals surface area contributed by atoms with Crippen molar-refractivity contribution in [2.75, 3.05) is 13.2 Å². The van der Waals surface area contributed by atoms with Gasteiger partial charge in [-0.15, -0.1) is 0 Å². The van der Waals surface area contributed by atoms with Crippen LogP contribution in [0.25, 0.3) is 0 Å². The first-order valence-electron chi connectivity index (χ1n) is 28.6. The van der Waals surface area contributed by atoms with Crippen LogP contribution in [0.2, 0.25) is 0 Å². The van der Waals surface area contributed by atoms with Crippen LogP contribution in [0.3, 0.4) is 0 Å². The summed E-state index contributed by atoms with van der Waals surface area (Å²) >= 11 is 0. The first-order chi connectivity index (χ1) is 32.8. The number of aryl methyl sites for hydroxylation is 2. The highest BCUT2D eigenvalue weighted by Gasteiger charge is 2.42. The first kappa shape index (κ1) is 58.3. The van der Waals surface area contributed by atoms with Gasteiger partial charge in [0.1, 0.15) is 11.5 Å². The molecule has 0 aromatic heterocycles. The third-order valence-electron chi connectivity index (χ3n) is 15.1. The van der Waals surface area contributed by atoms with Gasteiger partial charge in [0.2, 0.25) is 0 Å². The molecule has 384 valence electrons. The van der Waals surface area contributed by atoms with Crippen LogP contribution in [0.15, 0.2) is 48.5 Å². The van der Waals surface area contributed by atoms with Gasteiger partial charge in [0, 0.05) is 0 Å². The van der Waals surface area contributed by atoms with E-state index >= 15 is 0 Å². The van der Waals surface area contributed by atoms with E-state index in [4.69, 9.17) is 27.1 Å². The summed E-state index contributed by atoms with van der Waals surface area (Å²) in [6, 6.07) is 17.4. The van der Waals surface area contributed by atoms with Crippen LogP contribution in [0, 0.1) is 17.3 Å². The normalized spacial score (nSPS) is 19.1. The molecule has 8 heteroatoms. The molecule has 67 heavy (non-hydrogen) atoms. The Labute approximate surface area is 416 Å². The average Bonchev–Trinajstić information content (AvgIpc) is 3.33. The lowest BCUT2D eigenvalue weighted by molar-refractivity contribution is 0.00531. The van der Waals surface area contributed by atoms with Crippen molar-refractivity contribution in [3.8, 4) is 11.5 Å². The zero-order valence-electron chi connectivity index (χ0n) is 44.2. The topological polar surface area (TPSA) is 55.4 Å². The maximum Gasteiger partial charge on any atom is 0.463 e. The van der Waals surface area contributed by atoms with E-state index in [2.05, 4.69) is 90.1 Å². The maximum atomic E-state index is 6.90. The Morgan fingerprint density at radius 3 is 1.15 bits per heavy atom. The van der Waals surface area contributed by atoms with Crippen LogP contribution in [0.5, 0.6) is 11.5 Å². The highest BCUT2D eigenvalue weighted by Crippen LogP contribution is 2.53. The maximum absolute atomic E-state index is 6.90. The van der Waals surface area contributed by atoms with Crippen molar-refractivity contribution in [2.24, 2.45) is 17.3 Å². The molecule has 2 fully saturated rings. The quantitative estimate of drug-likeness (QED) is 0.0490. The van der Waals surface area contributed by atoms with E-state index < -0.39 is 17.2 Å². The largest absolute Gasteiger partial charge is 0.463 e. The van der Waals surface area contributed by atoms with Crippen molar-refractivity contribution in [3.63, 3.8) is 0 Å². The zero-order valence-corrected chi connectivity index (χ0v) is 46.0. The number of hydrogen-bond donors (Lipinski definition) is 0. The fourth-order valence-electron chi connectivity index (χ4n) is 10.5. The number of hydrogen-bond acceptors (Lipinski definition) is 6. The molecule has 4 rings (SSSR count). The number of benzene rings is 2. The van der Waals surface area contributed by atoms with Gasteiger partial charge in [-0.2, -0.15) is 0 Å². The molecule has 2 aromatic carbocycles. The van der Waals surface area contributed by atoms with E-state index in [-0.39, 0.29) is 17.6 Å². The monoisotopic (exact) mass is 969 g/mol. The summed E-state index contributed by atoms with van der Waals surface area (Å²) < 4.78 is 39.7. The first-order valence-corrected chi connectivity index (χ1v) is 30.8. The Morgan fingerprint density at radius 1 is 0.418 bits per heavy atom. The van der Waals surface area contributed by atoms with E-state index in [9.17, 15) is 0 Å². The summed E-state index contributed by atoms with van der Waals surface area (Å²) in [6.45, 7) is 15.7. The molecule has 0 N–H and O–H groups in total. The zero-order chi connectivity index (χ0) is 47.6. The molecule has 0 aliphatic heterocycles. The van der Waals surface area contributed by atoms with E-state index in [1.165, 1.54) is 178 Å². The summed E-state index contributed by atoms with van der Waals surface area (Å²) in [4.78, 5) is 0. The van der Waals surface area contributed by atoms with Crippen molar-refractivity contribution in [1.82, 2.24) is 0 Å². The minimum atomic E-state index is -1.62. The Bertz CT molecular complexity index is 1390. The summed E-state index contributed by atoms with van der Waals surface area (Å²) in [5.74, 6) is 3.09. The third-order valence-corrected chi connectivity index (χ3v) is 17.6. The molecule has 0 heterocycles. The Balaban J connectivity index is 1.29. The van der Waals surface area contributed by atoms with Crippen molar-refractivity contribution in [1.29, 1.82) is 0 Å². The lowest BCUT2D eigenvalue weighted by atomic mass is 9.60. The van der Waals surface area contributed by atoms with Crippen LogP contribution < -0.4 is 9.05 Å². The van der Waals surface area contributed by atoms with E-state index in [0.29, 0.717) is 11.8 Å². The Morgan fingerprint density at radius 2 is 0.761 bits per heavy atom. The minimum absolute atomic E-state index is 0.131. The second-order valence-corrected chi connectivity index (χ2v) is 23.3. The minimum Gasteiger partial charge on any atom is -0.418 e. The molecule has 2 aliphatic carbocycles. The molecule has 0 atom stereocenters. The van der Waals surface area contributed by atoms with E-state index in [1.54, 1.807) is 0 Å². The van der Waals surface area contributed by atoms with Gasteiger partial charge in [0.05, 0.1) is 25.4 Å². The molecule has 0 radical (unpaired) electrons. The van der Waals surface area contributed by atoms with Gasteiger partial charge < -0.3 is 22.6 Å². The van der Waals surface area contributed by atoms with Crippen molar-refractivity contribution >= 4 is 17.2 Å². The Kier molecular flexibility index (Phi) is 31.9. The summed E-state index contributed by atoms with van der Waals surface area (Å²) in [5, 5.41) is 0. The third kappa shape index (κ3) is 25.1. The predicted octanol–water partition coefficient (Wildman–Crippen LogP) is 20.3. The molecule has 2 saturated carbocycles. The van der Waals surface area contributed by atoms with Gasteiger partial charge in [-0.05, 0) is 143 Å². The van der Waals surface area contributed by atoms with E-state index in [0.717, 1.165) is 76.1 Å². The summed E-state index contributed by atoms with van der Waals surface area (Å²) in [7, 11) is -2.91. The predicted molar refractivity (Wildman–Crippen MR) is 288 cm³/mol. The highest BCUT2D eigenvalue weighted by molar-refractivity contribution is 7.42. The van der Waals surface area contributed by atoms with Crippen LogP contribution in [0.1, 0.15) is 258 Å². The fraction of sp³-hybridized carbons (Fsp3) is 0.797. The van der Waals surface area contributed by atoms with Crippen LogP contribution in [-0.4, -0.2) is 25.4 Å². The van der Waals surface area contributed by atoms with Gasteiger partial charge in [0.25, 0.3) is 0 Å². The van der Waals surface area contributed by atoms with Gasteiger partial charge in [-0.3, -0.25) is 4.52 Å². The van der Waals surface area contributed by atoms with Crippen LogP contribution in [-0.2, 0) is 30.9 Å². The lowest BCUT2D eigenvalue weighted by Gasteiger charge is -2.46. The smallest absolute Gasteiger partial charge is 0.418 e. The second-order valence-electron chi connectivity index (χ2n) is 21.1. The highest BCUT2D eigenvalue weighted by atomic mass is 31.2. The molecule has 2 aliphatic rings. The SMILES string of the molecule is CCCCCCCCOP(OCCCCCCCC)OC1CCC(C(C)(C)C2CCC(OP(Oc3cccc(CCCCCCCC)c3)Oc3cccc(CCCCCCCC)c3)CC2)CC1.